The van der Waals surface area contributed by atoms with Crippen molar-refractivity contribution in [3.05, 3.63) is 41.6 Å². The molecule has 2 aromatic heterocycles. The van der Waals surface area contributed by atoms with Crippen LogP contribution in [0.5, 0.6) is 5.75 Å². The molecule has 0 aliphatic heterocycles. The van der Waals surface area contributed by atoms with Crippen LogP contribution in [0.15, 0.2) is 30.7 Å². The zero-order valence-electron chi connectivity index (χ0n) is 8.46. The maximum Gasteiger partial charge on any atom is 0.279 e. The number of pyridine rings is 1. The molecule has 6 nitrogen and oxygen atoms in total. The van der Waals surface area contributed by atoms with Crippen molar-refractivity contribution in [2.24, 2.45) is 0 Å². The van der Waals surface area contributed by atoms with E-state index in [0.717, 1.165) is 0 Å². The molecule has 0 aromatic carbocycles. The number of amides is 1. The third kappa shape index (κ3) is 2.67. The molecule has 0 aliphatic carbocycles. The molecule has 1 amide bonds. The van der Waals surface area contributed by atoms with E-state index in [1.165, 1.54) is 30.7 Å². The fourth-order valence-electron chi connectivity index (χ4n) is 1.15. The van der Waals surface area contributed by atoms with Gasteiger partial charge < -0.3 is 10.4 Å². The number of halogens is 1. The minimum absolute atomic E-state index is 0.0813. The summed E-state index contributed by atoms with van der Waals surface area (Å²) in [5, 5.41) is 12.1. The highest BCUT2D eigenvalue weighted by Gasteiger charge is 2.12. The molecule has 0 spiro atoms. The maximum atomic E-state index is 11.7. The Balaban J connectivity index is 2.20. The summed E-state index contributed by atoms with van der Waals surface area (Å²) in [5.41, 5.74) is -0.0813. The predicted octanol–water partition coefficient (Wildman–Crippen LogP) is 1.48. The number of aromatic hydroxyl groups is 1. The molecule has 2 heterocycles. The van der Waals surface area contributed by atoms with Crippen molar-refractivity contribution in [1.29, 1.82) is 0 Å². The van der Waals surface area contributed by atoms with Gasteiger partial charge in [0, 0.05) is 12.3 Å². The Morgan fingerprint density at radius 1 is 1.35 bits per heavy atom. The molecule has 86 valence electrons. The second-order valence-electron chi connectivity index (χ2n) is 3.05. The van der Waals surface area contributed by atoms with Crippen LogP contribution in [0.2, 0.25) is 5.15 Å². The predicted molar refractivity (Wildman–Crippen MR) is 60.9 cm³/mol. The second kappa shape index (κ2) is 4.75. The van der Waals surface area contributed by atoms with Gasteiger partial charge in [0.15, 0.2) is 5.69 Å². The number of nitrogens with zero attached hydrogens (tertiary/aromatic N) is 3. The number of carbonyl (C=O) groups is 1. The van der Waals surface area contributed by atoms with E-state index in [-0.39, 0.29) is 22.4 Å². The number of rotatable bonds is 2. The molecule has 0 unspecified atom stereocenters. The minimum atomic E-state index is -0.571. The molecule has 17 heavy (non-hydrogen) atoms. The van der Waals surface area contributed by atoms with Gasteiger partial charge in [0.05, 0.1) is 0 Å². The molecule has 2 N–H and O–H groups in total. The number of aromatic nitrogens is 3. The molecule has 7 heteroatoms. The number of carbonyl (C=O) groups excluding carboxylic acids is 1. The van der Waals surface area contributed by atoms with Crippen molar-refractivity contribution >= 4 is 23.3 Å². The molecule has 0 aliphatic rings. The molecule has 0 atom stereocenters. The first-order valence-corrected chi connectivity index (χ1v) is 4.97. The van der Waals surface area contributed by atoms with E-state index in [2.05, 4.69) is 20.3 Å². The Morgan fingerprint density at radius 3 is 2.88 bits per heavy atom. The molecule has 0 fully saturated rings. The van der Waals surface area contributed by atoms with E-state index < -0.39 is 5.91 Å². The summed E-state index contributed by atoms with van der Waals surface area (Å²) in [7, 11) is 0. The topological polar surface area (TPSA) is 88.0 Å². The van der Waals surface area contributed by atoms with Gasteiger partial charge in [0.1, 0.15) is 23.0 Å². The summed E-state index contributed by atoms with van der Waals surface area (Å²) in [5.74, 6) is -0.539. The SMILES string of the molecule is O=C(Nc1cc(Cl)ncn1)c1ncccc1O. The van der Waals surface area contributed by atoms with Crippen LogP contribution in [-0.4, -0.2) is 26.0 Å². The van der Waals surface area contributed by atoms with Gasteiger partial charge in [-0.1, -0.05) is 11.6 Å². The first-order valence-electron chi connectivity index (χ1n) is 4.59. The first-order chi connectivity index (χ1) is 8.16. The standard InChI is InChI=1S/C10H7ClN4O2/c11-7-4-8(14-5-13-7)15-10(17)9-6(16)2-1-3-12-9/h1-5,16H,(H,13,14,15,17). The Labute approximate surface area is 101 Å². The minimum Gasteiger partial charge on any atom is -0.505 e. The summed E-state index contributed by atoms with van der Waals surface area (Å²) >= 11 is 5.64. The fraction of sp³-hybridized carbons (Fsp3) is 0. The van der Waals surface area contributed by atoms with Crippen molar-refractivity contribution in [2.45, 2.75) is 0 Å². The average molecular weight is 251 g/mol. The average Bonchev–Trinajstić information content (AvgIpc) is 2.29. The van der Waals surface area contributed by atoms with Gasteiger partial charge in [-0.2, -0.15) is 0 Å². The fourth-order valence-corrected chi connectivity index (χ4v) is 1.30. The van der Waals surface area contributed by atoms with Gasteiger partial charge in [0.2, 0.25) is 0 Å². The van der Waals surface area contributed by atoms with E-state index in [1.54, 1.807) is 0 Å². The normalized spacial score (nSPS) is 9.94. The quantitative estimate of drug-likeness (QED) is 0.789. The van der Waals surface area contributed by atoms with Crippen molar-refractivity contribution in [2.75, 3.05) is 5.32 Å². The summed E-state index contributed by atoms with van der Waals surface area (Å²) in [6.45, 7) is 0. The van der Waals surface area contributed by atoms with E-state index in [4.69, 9.17) is 11.6 Å². The Morgan fingerprint density at radius 2 is 2.18 bits per heavy atom. The highest BCUT2D eigenvalue weighted by molar-refractivity contribution is 6.29. The number of hydrogen-bond acceptors (Lipinski definition) is 5. The molecular weight excluding hydrogens is 244 g/mol. The molecule has 0 saturated heterocycles. The second-order valence-corrected chi connectivity index (χ2v) is 3.44. The van der Waals surface area contributed by atoms with Crippen LogP contribution in [0.3, 0.4) is 0 Å². The van der Waals surface area contributed by atoms with Gasteiger partial charge in [-0.3, -0.25) is 4.79 Å². The molecule has 2 aromatic rings. The van der Waals surface area contributed by atoms with Crippen LogP contribution in [0, 0.1) is 0 Å². The lowest BCUT2D eigenvalue weighted by Gasteiger charge is -2.04. The maximum absolute atomic E-state index is 11.7. The van der Waals surface area contributed by atoms with E-state index in [0.29, 0.717) is 0 Å². The number of nitrogens with one attached hydrogen (secondary N) is 1. The third-order valence-electron chi connectivity index (χ3n) is 1.88. The molecule has 0 radical (unpaired) electrons. The van der Waals surface area contributed by atoms with Crippen LogP contribution in [0.1, 0.15) is 10.5 Å². The molecule has 0 saturated carbocycles. The van der Waals surface area contributed by atoms with Gasteiger partial charge in [-0.05, 0) is 12.1 Å². The lowest BCUT2D eigenvalue weighted by atomic mass is 10.3. The van der Waals surface area contributed by atoms with E-state index in [1.807, 2.05) is 0 Å². The Hall–Kier alpha value is -2.21. The van der Waals surface area contributed by atoms with Crippen molar-refractivity contribution in [3.8, 4) is 5.75 Å². The number of hydrogen-bond donors (Lipinski definition) is 2. The summed E-state index contributed by atoms with van der Waals surface area (Å²) in [6, 6.07) is 4.28. The first kappa shape index (κ1) is 11.3. The van der Waals surface area contributed by atoms with Gasteiger partial charge in [-0.15, -0.1) is 0 Å². The lowest BCUT2D eigenvalue weighted by Crippen LogP contribution is -2.14. The monoisotopic (exact) mass is 250 g/mol. The Kier molecular flexibility index (Phi) is 3.15. The largest absolute Gasteiger partial charge is 0.505 e. The zero-order chi connectivity index (χ0) is 12.3. The van der Waals surface area contributed by atoms with Crippen LogP contribution in [0.4, 0.5) is 5.82 Å². The van der Waals surface area contributed by atoms with Gasteiger partial charge >= 0.3 is 0 Å². The summed E-state index contributed by atoms with van der Waals surface area (Å²) in [6.07, 6.45) is 2.62. The van der Waals surface area contributed by atoms with Crippen LogP contribution in [0.25, 0.3) is 0 Å². The van der Waals surface area contributed by atoms with Crippen LogP contribution < -0.4 is 5.32 Å². The summed E-state index contributed by atoms with van der Waals surface area (Å²) in [4.78, 5) is 22.9. The Bertz CT molecular complexity index is 562. The highest BCUT2D eigenvalue weighted by atomic mass is 35.5. The number of anilines is 1. The third-order valence-corrected chi connectivity index (χ3v) is 2.08. The summed E-state index contributed by atoms with van der Waals surface area (Å²) < 4.78 is 0. The van der Waals surface area contributed by atoms with E-state index in [9.17, 15) is 9.90 Å². The van der Waals surface area contributed by atoms with Gasteiger partial charge in [-0.25, -0.2) is 15.0 Å². The lowest BCUT2D eigenvalue weighted by molar-refractivity contribution is 0.101. The van der Waals surface area contributed by atoms with Crippen molar-refractivity contribution < 1.29 is 9.90 Å². The van der Waals surface area contributed by atoms with Crippen LogP contribution >= 0.6 is 11.6 Å². The zero-order valence-corrected chi connectivity index (χ0v) is 9.22. The molecule has 0 bridgehead atoms. The molecular formula is C10H7ClN4O2. The molecule has 2 rings (SSSR count). The van der Waals surface area contributed by atoms with Crippen molar-refractivity contribution in [1.82, 2.24) is 15.0 Å². The van der Waals surface area contributed by atoms with Crippen LogP contribution in [-0.2, 0) is 0 Å². The highest BCUT2D eigenvalue weighted by Crippen LogP contribution is 2.15. The smallest absolute Gasteiger partial charge is 0.279 e. The van der Waals surface area contributed by atoms with Crippen molar-refractivity contribution in [3.63, 3.8) is 0 Å². The van der Waals surface area contributed by atoms with Gasteiger partial charge in [0.25, 0.3) is 5.91 Å². The van der Waals surface area contributed by atoms with E-state index >= 15 is 0 Å².